The van der Waals surface area contributed by atoms with E-state index in [-0.39, 0.29) is 5.56 Å². The van der Waals surface area contributed by atoms with Gasteiger partial charge in [-0.25, -0.2) is 0 Å². The van der Waals surface area contributed by atoms with E-state index in [1.807, 2.05) is 6.92 Å². The maximum atomic E-state index is 5.31. The first-order chi connectivity index (χ1) is 9.63. The number of alkyl halides is 1. The Labute approximate surface area is 126 Å². The van der Waals surface area contributed by atoms with Gasteiger partial charge in [-0.15, -0.1) is 6.58 Å². The SMILES string of the molecule is C1CO1.C=CCOCC1CO1.CC1CO1.CC1OC1Cl. The van der Waals surface area contributed by atoms with Crippen LogP contribution in [0, 0.1) is 0 Å². The number of epoxide rings is 4. The standard InChI is InChI=1S/C6H10O2.C3H5ClO.C3H6O.C2H4O/c1-2-3-7-4-6-5-8-6;1-2-3(4)5-2;1-3-2-4-3;1-2-3-1/h2,6H,1,3-5H2;2-3H,1H3;3H,2H2,1H3;1-2H2. The molecule has 4 aliphatic rings. The van der Waals surface area contributed by atoms with Crippen molar-refractivity contribution in [2.24, 2.45) is 0 Å². The molecule has 4 fully saturated rings. The van der Waals surface area contributed by atoms with Gasteiger partial charge >= 0.3 is 0 Å². The predicted molar refractivity (Wildman–Crippen MR) is 77.2 cm³/mol. The third-order valence-electron chi connectivity index (χ3n) is 2.28. The van der Waals surface area contributed by atoms with E-state index in [0.717, 1.165) is 33.0 Å². The van der Waals surface area contributed by atoms with Crippen LogP contribution in [0.1, 0.15) is 13.8 Å². The molecule has 0 aromatic carbocycles. The van der Waals surface area contributed by atoms with Gasteiger partial charge in [0.1, 0.15) is 6.10 Å². The van der Waals surface area contributed by atoms with Crippen molar-refractivity contribution in [1.29, 1.82) is 0 Å². The molecule has 4 atom stereocenters. The second-order valence-corrected chi connectivity index (χ2v) is 5.16. The van der Waals surface area contributed by atoms with Crippen LogP contribution < -0.4 is 0 Å². The fourth-order valence-corrected chi connectivity index (χ4v) is 0.865. The summed E-state index contributed by atoms with van der Waals surface area (Å²) in [6.45, 7) is 12.7. The van der Waals surface area contributed by atoms with Gasteiger partial charge < -0.3 is 23.7 Å². The number of halogens is 1. The van der Waals surface area contributed by atoms with Gasteiger partial charge in [-0.3, -0.25) is 0 Å². The third kappa shape index (κ3) is 15.9. The molecule has 5 nitrogen and oxygen atoms in total. The zero-order valence-corrected chi connectivity index (χ0v) is 13.0. The van der Waals surface area contributed by atoms with E-state index in [9.17, 15) is 0 Å². The Morgan fingerprint density at radius 3 is 1.90 bits per heavy atom. The average molecular weight is 309 g/mol. The van der Waals surface area contributed by atoms with E-state index in [4.69, 9.17) is 25.8 Å². The molecule has 0 radical (unpaired) electrons. The molecule has 0 saturated carbocycles. The first kappa shape index (κ1) is 17.9. The van der Waals surface area contributed by atoms with Gasteiger partial charge in [0, 0.05) is 0 Å². The summed E-state index contributed by atoms with van der Waals surface area (Å²) >= 11 is 5.31. The molecule has 0 aromatic heterocycles. The summed E-state index contributed by atoms with van der Waals surface area (Å²) in [5.41, 5.74) is 0.0231. The lowest BCUT2D eigenvalue weighted by atomic mass is 10.5. The van der Waals surface area contributed by atoms with Gasteiger partial charge in [0.25, 0.3) is 0 Å². The molecule has 4 saturated heterocycles. The Morgan fingerprint density at radius 1 is 1.25 bits per heavy atom. The van der Waals surface area contributed by atoms with Crippen LogP contribution in [0.25, 0.3) is 0 Å². The lowest BCUT2D eigenvalue weighted by Crippen LogP contribution is -2.00. The minimum atomic E-state index is 0.0231. The van der Waals surface area contributed by atoms with E-state index in [1.165, 1.54) is 0 Å². The van der Waals surface area contributed by atoms with Crippen LogP contribution in [-0.4, -0.2) is 63.5 Å². The minimum Gasteiger partial charge on any atom is -0.377 e. The smallest absolute Gasteiger partial charge is 0.157 e. The van der Waals surface area contributed by atoms with E-state index >= 15 is 0 Å². The number of hydrogen-bond acceptors (Lipinski definition) is 5. The lowest BCUT2D eigenvalue weighted by Gasteiger charge is -1.92. The van der Waals surface area contributed by atoms with Gasteiger partial charge in [-0.2, -0.15) is 0 Å². The van der Waals surface area contributed by atoms with Crippen molar-refractivity contribution in [2.45, 2.75) is 37.7 Å². The Morgan fingerprint density at radius 2 is 1.70 bits per heavy atom. The van der Waals surface area contributed by atoms with E-state index < -0.39 is 0 Å². The summed E-state index contributed by atoms with van der Waals surface area (Å²) in [4.78, 5) is 0. The number of hydrogen-bond donors (Lipinski definition) is 0. The Bertz CT molecular complexity index is 245. The molecule has 0 N–H and O–H groups in total. The first-order valence-electron chi connectivity index (χ1n) is 6.92. The lowest BCUT2D eigenvalue weighted by molar-refractivity contribution is 0.141. The molecule has 0 aromatic rings. The molecule has 20 heavy (non-hydrogen) atoms. The highest BCUT2D eigenvalue weighted by atomic mass is 35.5. The molecule has 0 spiro atoms. The highest BCUT2D eigenvalue weighted by Gasteiger charge is 2.30. The van der Waals surface area contributed by atoms with Crippen LogP contribution in [0.5, 0.6) is 0 Å². The average Bonchev–Trinajstić information content (AvgIpc) is 3.22. The largest absolute Gasteiger partial charge is 0.377 e. The monoisotopic (exact) mass is 308 g/mol. The van der Waals surface area contributed by atoms with Gasteiger partial charge in [-0.1, -0.05) is 17.7 Å². The van der Waals surface area contributed by atoms with Crippen molar-refractivity contribution in [3.05, 3.63) is 12.7 Å². The van der Waals surface area contributed by atoms with Crippen molar-refractivity contribution in [3.63, 3.8) is 0 Å². The van der Waals surface area contributed by atoms with Crippen LogP contribution >= 0.6 is 11.6 Å². The molecule has 0 aliphatic carbocycles. The molecule has 4 heterocycles. The van der Waals surface area contributed by atoms with Crippen LogP contribution in [0.3, 0.4) is 0 Å². The van der Waals surface area contributed by atoms with Crippen molar-refractivity contribution in [2.75, 3.05) is 39.6 Å². The third-order valence-corrected chi connectivity index (χ3v) is 2.74. The van der Waals surface area contributed by atoms with Gasteiger partial charge in [0.2, 0.25) is 0 Å². The zero-order valence-electron chi connectivity index (χ0n) is 12.3. The maximum Gasteiger partial charge on any atom is 0.157 e. The Hall–Kier alpha value is -0.170. The molecule has 118 valence electrons. The van der Waals surface area contributed by atoms with Crippen molar-refractivity contribution < 1.29 is 23.7 Å². The molecule has 0 amide bonds. The van der Waals surface area contributed by atoms with Crippen molar-refractivity contribution >= 4 is 11.6 Å². The summed E-state index contributed by atoms with van der Waals surface area (Å²) in [5, 5.41) is 0. The number of ether oxygens (including phenoxy) is 5. The summed E-state index contributed by atoms with van der Waals surface area (Å²) in [6, 6.07) is 0. The minimum absolute atomic E-state index is 0.0231. The summed E-state index contributed by atoms with van der Waals surface area (Å²) in [5.74, 6) is 0. The topological polar surface area (TPSA) is 59.4 Å². The van der Waals surface area contributed by atoms with Gasteiger partial charge in [-0.05, 0) is 13.8 Å². The molecule has 0 bridgehead atoms. The van der Waals surface area contributed by atoms with Gasteiger partial charge in [0.05, 0.1) is 51.8 Å². The molecular formula is C14H25ClO5. The van der Waals surface area contributed by atoms with Crippen molar-refractivity contribution in [3.8, 4) is 0 Å². The van der Waals surface area contributed by atoms with Crippen LogP contribution in [0.4, 0.5) is 0 Å². The van der Waals surface area contributed by atoms with Crippen LogP contribution in [0.15, 0.2) is 12.7 Å². The second-order valence-electron chi connectivity index (χ2n) is 4.73. The fourth-order valence-electron chi connectivity index (χ4n) is 0.703. The highest BCUT2D eigenvalue weighted by molar-refractivity contribution is 6.21. The van der Waals surface area contributed by atoms with Crippen LogP contribution in [-0.2, 0) is 23.7 Å². The molecule has 4 rings (SSSR count). The molecule has 6 heteroatoms. The zero-order chi connectivity index (χ0) is 14.8. The van der Waals surface area contributed by atoms with E-state index in [2.05, 4.69) is 23.0 Å². The first-order valence-corrected chi connectivity index (χ1v) is 7.36. The second kappa shape index (κ2) is 10.5. The predicted octanol–water partition coefficient (Wildman–Crippen LogP) is 1.98. The normalized spacial score (nSPS) is 34.0. The Kier molecular flexibility index (Phi) is 9.42. The van der Waals surface area contributed by atoms with Crippen molar-refractivity contribution in [1.82, 2.24) is 0 Å². The maximum absolute atomic E-state index is 5.31. The van der Waals surface area contributed by atoms with Crippen LogP contribution in [0.2, 0.25) is 0 Å². The number of rotatable bonds is 4. The summed E-state index contributed by atoms with van der Waals surface area (Å²) in [6.07, 6.45) is 3.02. The molecular weight excluding hydrogens is 284 g/mol. The van der Waals surface area contributed by atoms with Gasteiger partial charge in [0.15, 0.2) is 5.56 Å². The summed E-state index contributed by atoms with van der Waals surface area (Å²) < 4.78 is 23.8. The highest BCUT2D eigenvalue weighted by Crippen LogP contribution is 2.23. The van der Waals surface area contributed by atoms with E-state index in [0.29, 0.717) is 24.9 Å². The van der Waals surface area contributed by atoms with E-state index in [1.54, 1.807) is 6.08 Å². The summed E-state index contributed by atoms with van der Waals surface area (Å²) in [7, 11) is 0. The fraction of sp³-hybridized carbons (Fsp3) is 0.857. The quantitative estimate of drug-likeness (QED) is 0.344. The molecule has 4 unspecified atom stereocenters. The molecule has 4 aliphatic heterocycles. The Balaban J connectivity index is 0.000000143.